The van der Waals surface area contributed by atoms with Crippen LogP contribution in [0.4, 0.5) is 11.4 Å². The molecule has 2 atom stereocenters. The van der Waals surface area contributed by atoms with Crippen molar-refractivity contribution in [1.82, 2.24) is 0 Å². The van der Waals surface area contributed by atoms with E-state index in [1.54, 1.807) is 37.3 Å². The van der Waals surface area contributed by atoms with Gasteiger partial charge in [-0.3, -0.25) is 14.6 Å². The minimum Gasteiger partial charge on any atom is -0.495 e. The maximum Gasteiger partial charge on any atom is 0.355 e. The number of anilines is 2. The van der Waals surface area contributed by atoms with Crippen LogP contribution >= 0.6 is 0 Å². The van der Waals surface area contributed by atoms with Crippen molar-refractivity contribution in [1.29, 1.82) is 0 Å². The highest BCUT2D eigenvalue weighted by atomic mass is 16.5. The van der Waals surface area contributed by atoms with Gasteiger partial charge in [0.05, 0.1) is 25.1 Å². The molecule has 0 aromatic heterocycles. The van der Waals surface area contributed by atoms with E-state index in [-0.39, 0.29) is 12.3 Å². The van der Waals surface area contributed by atoms with E-state index in [9.17, 15) is 14.4 Å². The first-order chi connectivity index (χ1) is 14.5. The number of fused-ring (bicyclic) bond motifs is 1. The zero-order valence-electron chi connectivity index (χ0n) is 16.9. The number of ether oxygens (including phenoxy) is 2. The van der Waals surface area contributed by atoms with Gasteiger partial charge in [0.25, 0.3) is 5.91 Å². The van der Waals surface area contributed by atoms with Crippen LogP contribution in [0.2, 0.25) is 0 Å². The lowest BCUT2D eigenvalue weighted by Gasteiger charge is -2.23. The molecule has 2 unspecified atom stereocenters. The maximum atomic E-state index is 13.4. The molecule has 1 saturated heterocycles. The van der Waals surface area contributed by atoms with Crippen molar-refractivity contribution >= 4 is 34.9 Å². The number of amides is 2. The van der Waals surface area contributed by atoms with E-state index in [4.69, 9.17) is 9.47 Å². The Labute approximate surface area is 173 Å². The van der Waals surface area contributed by atoms with Crippen molar-refractivity contribution < 1.29 is 23.9 Å². The van der Waals surface area contributed by atoms with E-state index >= 15 is 0 Å². The standard InChI is InChI=1S/C22H21N3O5/c1-4-30-22(28)18-17-19(25(23-18)14-9-7-8-13(2)12-14)21(27)24(20(17)26)15-10-5-6-11-16(15)29-3/h5-12,17,19H,4H2,1-3H3. The number of hydrazone groups is 1. The molecule has 0 N–H and O–H groups in total. The zero-order valence-corrected chi connectivity index (χ0v) is 16.9. The van der Waals surface area contributed by atoms with Gasteiger partial charge in [-0.25, -0.2) is 9.69 Å². The molecule has 0 radical (unpaired) electrons. The number of benzene rings is 2. The Hall–Kier alpha value is -3.68. The maximum absolute atomic E-state index is 13.4. The second-order valence-corrected chi connectivity index (χ2v) is 7.00. The molecular formula is C22H21N3O5. The predicted molar refractivity (Wildman–Crippen MR) is 110 cm³/mol. The normalized spacial score (nSPS) is 20.3. The van der Waals surface area contributed by atoms with Crippen LogP contribution in [0.25, 0.3) is 0 Å². The van der Waals surface area contributed by atoms with Crippen molar-refractivity contribution in [2.75, 3.05) is 23.6 Å². The molecule has 4 rings (SSSR count). The number of carbonyl (C=O) groups is 3. The monoisotopic (exact) mass is 407 g/mol. The van der Waals surface area contributed by atoms with Crippen molar-refractivity contribution in [3.63, 3.8) is 0 Å². The Balaban J connectivity index is 1.82. The molecular weight excluding hydrogens is 386 g/mol. The van der Waals surface area contributed by atoms with Gasteiger partial charge in [0.15, 0.2) is 5.71 Å². The van der Waals surface area contributed by atoms with Crippen LogP contribution in [0.1, 0.15) is 12.5 Å². The third kappa shape index (κ3) is 3.01. The smallest absolute Gasteiger partial charge is 0.355 e. The van der Waals surface area contributed by atoms with Gasteiger partial charge in [-0.05, 0) is 43.7 Å². The molecule has 2 aliphatic rings. The lowest BCUT2D eigenvalue weighted by atomic mass is 9.97. The summed E-state index contributed by atoms with van der Waals surface area (Å²) in [5.41, 5.74) is 1.84. The van der Waals surface area contributed by atoms with Gasteiger partial charge in [-0.1, -0.05) is 24.3 Å². The third-order valence-corrected chi connectivity index (χ3v) is 5.13. The Morgan fingerprint density at radius 3 is 2.57 bits per heavy atom. The minimum atomic E-state index is -1.05. The molecule has 8 nitrogen and oxygen atoms in total. The Bertz CT molecular complexity index is 1060. The fourth-order valence-corrected chi connectivity index (χ4v) is 3.82. The number of hydrogen-bond donors (Lipinski definition) is 0. The van der Waals surface area contributed by atoms with E-state index in [2.05, 4.69) is 5.10 Å². The first-order valence-corrected chi connectivity index (χ1v) is 9.60. The van der Waals surface area contributed by atoms with Gasteiger partial charge in [0, 0.05) is 0 Å². The number of rotatable bonds is 5. The Morgan fingerprint density at radius 1 is 1.10 bits per heavy atom. The third-order valence-electron chi connectivity index (χ3n) is 5.13. The molecule has 2 aromatic carbocycles. The lowest BCUT2D eigenvalue weighted by molar-refractivity contribution is -0.136. The fourth-order valence-electron chi connectivity index (χ4n) is 3.82. The summed E-state index contributed by atoms with van der Waals surface area (Å²) in [5, 5.41) is 5.79. The summed E-state index contributed by atoms with van der Waals surface area (Å²) in [6.07, 6.45) is 0. The number of esters is 1. The molecule has 2 aliphatic heterocycles. The molecule has 2 amide bonds. The average Bonchev–Trinajstić information content (AvgIpc) is 3.25. The van der Waals surface area contributed by atoms with Crippen molar-refractivity contribution in [2.45, 2.75) is 19.9 Å². The van der Waals surface area contributed by atoms with Crippen LogP contribution in [-0.4, -0.2) is 43.3 Å². The summed E-state index contributed by atoms with van der Waals surface area (Å²) < 4.78 is 10.4. The summed E-state index contributed by atoms with van der Waals surface area (Å²) in [6.45, 7) is 3.72. The fraction of sp³-hybridized carbons (Fsp3) is 0.273. The van der Waals surface area contributed by atoms with Gasteiger partial charge in [0.1, 0.15) is 17.7 Å². The number of hydrogen-bond acceptors (Lipinski definition) is 7. The van der Waals surface area contributed by atoms with Crippen LogP contribution in [0.3, 0.4) is 0 Å². The number of imide groups is 1. The summed E-state index contributed by atoms with van der Waals surface area (Å²) >= 11 is 0. The summed E-state index contributed by atoms with van der Waals surface area (Å²) in [4.78, 5) is 40.4. The Kier molecular flexibility index (Phi) is 4.99. The number of para-hydroxylation sites is 2. The molecule has 154 valence electrons. The number of nitrogens with zero attached hydrogens (tertiary/aromatic N) is 3. The van der Waals surface area contributed by atoms with Crippen LogP contribution in [-0.2, 0) is 19.1 Å². The highest BCUT2D eigenvalue weighted by Crippen LogP contribution is 2.40. The summed E-state index contributed by atoms with van der Waals surface area (Å²) in [5.74, 6) is -2.38. The Morgan fingerprint density at radius 2 is 1.87 bits per heavy atom. The highest BCUT2D eigenvalue weighted by Gasteiger charge is 2.59. The molecule has 0 spiro atoms. The zero-order chi connectivity index (χ0) is 21.4. The minimum absolute atomic E-state index is 0.0703. The highest BCUT2D eigenvalue weighted by molar-refractivity contribution is 6.47. The van der Waals surface area contributed by atoms with E-state index in [1.165, 1.54) is 12.1 Å². The number of methoxy groups -OCH3 is 1. The quantitative estimate of drug-likeness (QED) is 0.558. The molecule has 0 aliphatic carbocycles. The van der Waals surface area contributed by atoms with Gasteiger partial charge >= 0.3 is 5.97 Å². The van der Waals surface area contributed by atoms with E-state index in [0.29, 0.717) is 17.1 Å². The first-order valence-electron chi connectivity index (χ1n) is 9.60. The van der Waals surface area contributed by atoms with Gasteiger partial charge < -0.3 is 9.47 Å². The second kappa shape index (κ2) is 7.62. The van der Waals surface area contributed by atoms with Crippen LogP contribution in [0.15, 0.2) is 53.6 Å². The molecule has 2 aromatic rings. The van der Waals surface area contributed by atoms with Crippen LogP contribution < -0.4 is 14.6 Å². The first kappa shape index (κ1) is 19.6. The topological polar surface area (TPSA) is 88.5 Å². The van der Waals surface area contributed by atoms with E-state index in [1.807, 2.05) is 25.1 Å². The molecule has 8 heteroatoms. The largest absolute Gasteiger partial charge is 0.495 e. The average molecular weight is 407 g/mol. The predicted octanol–water partition coefficient (Wildman–Crippen LogP) is 2.30. The van der Waals surface area contributed by atoms with Gasteiger partial charge in [0.2, 0.25) is 5.91 Å². The van der Waals surface area contributed by atoms with Crippen molar-refractivity contribution in [3.05, 3.63) is 54.1 Å². The van der Waals surface area contributed by atoms with Crippen molar-refractivity contribution in [3.8, 4) is 5.75 Å². The van der Waals surface area contributed by atoms with Crippen LogP contribution in [0.5, 0.6) is 5.75 Å². The van der Waals surface area contributed by atoms with E-state index < -0.39 is 29.7 Å². The van der Waals surface area contributed by atoms with Crippen molar-refractivity contribution in [2.24, 2.45) is 11.0 Å². The molecule has 1 fully saturated rings. The molecule has 30 heavy (non-hydrogen) atoms. The summed E-state index contributed by atoms with van der Waals surface area (Å²) in [6, 6.07) is 13.2. The number of aryl methyl sites for hydroxylation is 1. The molecule has 0 bridgehead atoms. The van der Waals surface area contributed by atoms with Gasteiger partial charge in [-0.15, -0.1) is 0 Å². The van der Waals surface area contributed by atoms with Crippen LogP contribution in [0, 0.1) is 12.8 Å². The van der Waals surface area contributed by atoms with E-state index in [0.717, 1.165) is 10.5 Å². The summed E-state index contributed by atoms with van der Waals surface area (Å²) in [7, 11) is 1.47. The molecule has 2 heterocycles. The molecule has 0 saturated carbocycles. The SMILES string of the molecule is CCOC(=O)C1=NN(c2cccc(C)c2)C2C(=O)N(c3ccccc3OC)C(=O)C12. The lowest BCUT2D eigenvalue weighted by Crippen LogP contribution is -2.39. The van der Waals surface area contributed by atoms with Gasteiger partial charge in [-0.2, -0.15) is 5.10 Å². The number of carbonyl (C=O) groups excluding carboxylic acids is 3. The second-order valence-electron chi connectivity index (χ2n) is 7.00.